The standard InChI is InChI=1S/C18H14N2O4/c21-18(2-1-14-7-12-3-5-22-16(12)9-19-14)24-11-15-8-13-4-6-23-17(13)10-20-15/h3-10H,1-2,11H2. The van der Waals surface area contributed by atoms with Gasteiger partial charge in [-0.3, -0.25) is 14.8 Å². The smallest absolute Gasteiger partial charge is 0.306 e. The second-order valence-corrected chi connectivity index (χ2v) is 5.43. The maximum atomic E-state index is 11.9. The third-order valence-corrected chi connectivity index (χ3v) is 3.76. The van der Waals surface area contributed by atoms with Crippen LogP contribution in [-0.2, 0) is 22.6 Å². The van der Waals surface area contributed by atoms with Gasteiger partial charge in [0.25, 0.3) is 0 Å². The molecule has 4 aromatic heterocycles. The van der Waals surface area contributed by atoms with Crippen LogP contribution in [0.2, 0.25) is 0 Å². The number of carbonyl (C=O) groups is 1. The zero-order valence-electron chi connectivity index (χ0n) is 12.8. The molecular formula is C18H14N2O4. The molecule has 0 bridgehead atoms. The number of aromatic nitrogens is 2. The van der Waals surface area contributed by atoms with Crippen molar-refractivity contribution in [3.8, 4) is 0 Å². The third kappa shape index (κ3) is 2.99. The Morgan fingerprint density at radius 1 is 0.958 bits per heavy atom. The van der Waals surface area contributed by atoms with E-state index in [1.54, 1.807) is 24.9 Å². The van der Waals surface area contributed by atoms with E-state index in [-0.39, 0.29) is 19.0 Å². The van der Waals surface area contributed by atoms with E-state index in [9.17, 15) is 4.79 Å². The van der Waals surface area contributed by atoms with Crippen LogP contribution in [0, 0.1) is 0 Å². The Hall–Kier alpha value is -3.15. The molecule has 0 fully saturated rings. The predicted octanol–water partition coefficient (Wildman–Crippen LogP) is 3.65. The number of ether oxygens (including phenoxy) is 1. The van der Waals surface area contributed by atoms with E-state index in [4.69, 9.17) is 13.6 Å². The Morgan fingerprint density at radius 2 is 1.58 bits per heavy atom. The third-order valence-electron chi connectivity index (χ3n) is 3.76. The van der Waals surface area contributed by atoms with Crippen molar-refractivity contribution in [2.24, 2.45) is 0 Å². The van der Waals surface area contributed by atoms with Crippen LogP contribution in [0.25, 0.3) is 21.9 Å². The fourth-order valence-electron chi connectivity index (χ4n) is 2.50. The highest BCUT2D eigenvalue weighted by molar-refractivity contribution is 5.77. The summed E-state index contributed by atoms with van der Waals surface area (Å²) >= 11 is 0. The molecule has 6 nitrogen and oxygen atoms in total. The van der Waals surface area contributed by atoms with Crippen molar-refractivity contribution in [3.05, 3.63) is 60.6 Å². The molecule has 0 aliphatic heterocycles. The van der Waals surface area contributed by atoms with Gasteiger partial charge in [0.05, 0.1) is 37.0 Å². The summed E-state index contributed by atoms with van der Waals surface area (Å²) in [5, 5.41) is 1.92. The number of pyridine rings is 2. The Morgan fingerprint density at radius 3 is 2.29 bits per heavy atom. The molecule has 120 valence electrons. The maximum absolute atomic E-state index is 11.9. The van der Waals surface area contributed by atoms with Gasteiger partial charge in [-0.2, -0.15) is 0 Å². The molecule has 0 radical (unpaired) electrons. The Bertz CT molecular complexity index is 922. The lowest BCUT2D eigenvalue weighted by atomic mass is 10.2. The van der Waals surface area contributed by atoms with Gasteiger partial charge in [-0.05, 0) is 24.3 Å². The molecule has 6 heteroatoms. The van der Waals surface area contributed by atoms with Crippen LogP contribution in [-0.4, -0.2) is 15.9 Å². The van der Waals surface area contributed by atoms with Crippen molar-refractivity contribution in [2.75, 3.05) is 0 Å². The highest BCUT2D eigenvalue weighted by Gasteiger charge is 2.08. The molecule has 0 N–H and O–H groups in total. The van der Waals surface area contributed by atoms with E-state index in [1.807, 2.05) is 24.3 Å². The molecule has 0 aliphatic rings. The molecule has 0 aromatic carbocycles. The van der Waals surface area contributed by atoms with Gasteiger partial charge in [-0.25, -0.2) is 0 Å². The lowest BCUT2D eigenvalue weighted by molar-refractivity contribution is -0.145. The molecular weight excluding hydrogens is 308 g/mol. The van der Waals surface area contributed by atoms with E-state index in [2.05, 4.69) is 9.97 Å². The van der Waals surface area contributed by atoms with E-state index in [1.165, 1.54) is 0 Å². The highest BCUT2D eigenvalue weighted by Crippen LogP contribution is 2.17. The lowest BCUT2D eigenvalue weighted by Gasteiger charge is -2.04. The summed E-state index contributed by atoms with van der Waals surface area (Å²) in [6, 6.07) is 7.48. The molecule has 0 unspecified atom stereocenters. The minimum Gasteiger partial charge on any atom is -0.463 e. The van der Waals surface area contributed by atoms with Crippen LogP contribution >= 0.6 is 0 Å². The summed E-state index contributed by atoms with van der Waals surface area (Å²) in [5.74, 6) is -0.279. The number of furan rings is 2. The molecule has 4 aromatic rings. The lowest BCUT2D eigenvalue weighted by Crippen LogP contribution is -2.07. The summed E-state index contributed by atoms with van der Waals surface area (Å²) in [7, 11) is 0. The zero-order chi connectivity index (χ0) is 16.4. The SMILES string of the molecule is O=C(CCc1cc2ccoc2cn1)OCc1cc2ccoc2cn1. The number of aryl methyl sites for hydroxylation is 1. The summed E-state index contributed by atoms with van der Waals surface area (Å²) in [4.78, 5) is 20.4. The molecule has 4 rings (SSSR count). The Balaban J connectivity index is 1.32. The van der Waals surface area contributed by atoms with Crippen LogP contribution in [0.5, 0.6) is 0 Å². The van der Waals surface area contributed by atoms with Crippen LogP contribution in [0.15, 0.2) is 58.0 Å². The van der Waals surface area contributed by atoms with Crippen LogP contribution in [0.4, 0.5) is 0 Å². The average molecular weight is 322 g/mol. The first-order valence-electron chi connectivity index (χ1n) is 7.58. The minimum atomic E-state index is -0.279. The van der Waals surface area contributed by atoms with Gasteiger partial charge in [-0.1, -0.05) is 0 Å². The Labute approximate surface area is 137 Å². The number of nitrogens with zero attached hydrogens (tertiary/aromatic N) is 2. The number of hydrogen-bond donors (Lipinski definition) is 0. The van der Waals surface area contributed by atoms with Gasteiger partial charge in [0.15, 0.2) is 11.2 Å². The minimum absolute atomic E-state index is 0.147. The maximum Gasteiger partial charge on any atom is 0.306 e. The van der Waals surface area contributed by atoms with Crippen molar-refractivity contribution in [2.45, 2.75) is 19.4 Å². The molecule has 24 heavy (non-hydrogen) atoms. The number of esters is 1. The molecule has 0 saturated carbocycles. The average Bonchev–Trinajstić information content (AvgIpc) is 3.25. The quantitative estimate of drug-likeness (QED) is 0.522. The summed E-state index contributed by atoms with van der Waals surface area (Å²) in [5.41, 5.74) is 2.97. The first-order valence-corrected chi connectivity index (χ1v) is 7.58. The monoisotopic (exact) mass is 322 g/mol. The number of rotatable bonds is 5. The second-order valence-electron chi connectivity index (χ2n) is 5.43. The molecule has 0 aliphatic carbocycles. The zero-order valence-corrected chi connectivity index (χ0v) is 12.8. The van der Waals surface area contributed by atoms with Crippen molar-refractivity contribution in [3.63, 3.8) is 0 Å². The van der Waals surface area contributed by atoms with Gasteiger partial charge >= 0.3 is 5.97 Å². The fourth-order valence-corrected chi connectivity index (χ4v) is 2.50. The van der Waals surface area contributed by atoms with Crippen LogP contribution in [0.3, 0.4) is 0 Å². The van der Waals surface area contributed by atoms with Crippen molar-refractivity contribution >= 4 is 27.9 Å². The van der Waals surface area contributed by atoms with E-state index in [0.717, 1.165) is 22.0 Å². The molecule has 0 saturated heterocycles. The topological polar surface area (TPSA) is 78.4 Å². The predicted molar refractivity (Wildman–Crippen MR) is 86.1 cm³/mol. The summed E-state index contributed by atoms with van der Waals surface area (Å²) in [6.07, 6.45) is 7.31. The number of carbonyl (C=O) groups excluding carboxylic acids is 1. The first-order chi connectivity index (χ1) is 11.8. The van der Waals surface area contributed by atoms with Gasteiger partial charge < -0.3 is 13.6 Å². The fraction of sp³-hybridized carbons (Fsp3) is 0.167. The Kier molecular flexibility index (Phi) is 3.70. The summed E-state index contributed by atoms with van der Waals surface area (Å²) < 4.78 is 15.7. The van der Waals surface area contributed by atoms with Gasteiger partial charge in [0.2, 0.25) is 0 Å². The van der Waals surface area contributed by atoms with Crippen molar-refractivity contribution < 1.29 is 18.4 Å². The van der Waals surface area contributed by atoms with Gasteiger partial charge in [-0.15, -0.1) is 0 Å². The highest BCUT2D eigenvalue weighted by atomic mass is 16.5. The van der Waals surface area contributed by atoms with E-state index >= 15 is 0 Å². The van der Waals surface area contributed by atoms with Crippen LogP contribution < -0.4 is 0 Å². The first kappa shape index (κ1) is 14.4. The van der Waals surface area contributed by atoms with Crippen LogP contribution in [0.1, 0.15) is 17.8 Å². The van der Waals surface area contributed by atoms with E-state index in [0.29, 0.717) is 17.7 Å². The number of fused-ring (bicyclic) bond motifs is 2. The molecule has 0 amide bonds. The van der Waals surface area contributed by atoms with Gasteiger partial charge in [0.1, 0.15) is 6.61 Å². The largest absolute Gasteiger partial charge is 0.463 e. The normalized spacial score (nSPS) is 11.2. The number of hydrogen-bond acceptors (Lipinski definition) is 6. The summed E-state index contributed by atoms with van der Waals surface area (Å²) in [6.45, 7) is 0.147. The van der Waals surface area contributed by atoms with E-state index < -0.39 is 0 Å². The van der Waals surface area contributed by atoms with Crippen molar-refractivity contribution in [1.82, 2.24) is 9.97 Å². The van der Waals surface area contributed by atoms with Crippen molar-refractivity contribution in [1.29, 1.82) is 0 Å². The molecule has 0 spiro atoms. The molecule has 0 atom stereocenters. The van der Waals surface area contributed by atoms with Gasteiger partial charge in [0, 0.05) is 22.9 Å². The second kappa shape index (κ2) is 6.16. The molecule has 4 heterocycles.